The molecule has 3 aromatic carbocycles. The molecule has 0 spiro atoms. The molecular formula is C32H41N3O4S. The first-order valence-electron chi connectivity index (χ1n) is 13.9. The van der Waals surface area contributed by atoms with Gasteiger partial charge in [-0.05, 0) is 48.1 Å². The number of carbonyl (C=O) groups excluding carboxylic acids is 2. The zero-order valence-electron chi connectivity index (χ0n) is 23.8. The third-order valence-electron chi connectivity index (χ3n) is 6.80. The van der Waals surface area contributed by atoms with E-state index < -0.39 is 16.1 Å². The third-order valence-corrected chi connectivity index (χ3v) is 7.99. The molecule has 0 bridgehead atoms. The van der Waals surface area contributed by atoms with E-state index in [1.165, 1.54) is 10.6 Å². The fraction of sp³-hybridized carbons (Fsp3) is 0.375. The van der Waals surface area contributed by atoms with Crippen LogP contribution in [0.15, 0.2) is 84.9 Å². The van der Waals surface area contributed by atoms with Gasteiger partial charge in [0, 0.05) is 32.5 Å². The topological polar surface area (TPSA) is 86.8 Å². The van der Waals surface area contributed by atoms with Crippen LogP contribution in [0.3, 0.4) is 0 Å². The molecule has 0 aromatic heterocycles. The molecule has 0 unspecified atom stereocenters. The smallest absolute Gasteiger partial charge is 0.243 e. The Kier molecular flexibility index (Phi) is 11.8. The van der Waals surface area contributed by atoms with Crippen LogP contribution in [0, 0.1) is 0 Å². The van der Waals surface area contributed by atoms with Gasteiger partial charge in [-0.3, -0.25) is 13.9 Å². The van der Waals surface area contributed by atoms with Crippen molar-refractivity contribution in [3.63, 3.8) is 0 Å². The number of benzene rings is 3. The van der Waals surface area contributed by atoms with E-state index in [4.69, 9.17) is 0 Å². The first kappa shape index (κ1) is 30.9. The molecular weight excluding hydrogens is 522 g/mol. The van der Waals surface area contributed by atoms with Crippen molar-refractivity contribution in [2.75, 3.05) is 23.7 Å². The first-order chi connectivity index (χ1) is 19.2. The quantitative estimate of drug-likeness (QED) is 0.283. The largest absolute Gasteiger partial charge is 0.354 e. The minimum Gasteiger partial charge on any atom is -0.354 e. The molecule has 7 nitrogen and oxygen atoms in total. The Morgan fingerprint density at radius 1 is 0.825 bits per heavy atom. The number of anilines is 1. The van der Waals surface area contributed by atoms with Gasteiger partial charge in [0.25, 0.3) is 0 Å². The number of hydrogen-bond donors (Lipinski definition) is 1. The van der Waals surface area contributed by atoms with Crippen LogP contribution in [-0.4, -0.2) is 50.5 Å². The van der Waals surface area contributed by atoms with Crippen molar-refractivity contribution in [2.45, 2.75) is 58.5 Å². The standard InChI is InChI=1S/C32H41N3O4S/c1-4-22-33-32(37)30(24-27-13-8-6-9-14-27)34(25-28-15-10-7-11-16-28)31(36)17-12-23-35(40(3,38)39)29-20-18-26(5-2)19-21-29/h6-11,13-16,18-21,30H,4-5,12,17,22-25H2,1-3H3,(H,33,37)/t30-/m1/s1. The maximum atomic E-state index is 13.8. The fourth-order valence-corrected chi connectivity index (χ4v) is 5.57. The molecule has 0 heterocycles. The summed E-state index contributed by atoms with van der Waals surface area (Å²) in [6.45, 7) is 5.01. The Morgan fingerprint density at radius 3 is 1.98 bits per heavy atom. The molecule has 1 N–H and O–H groups in total. The zero-order valence-corrected chi connectivity index (χ0v) is 24.6. The number of nitrogens with one attached hydrogen (secondary N) is 1. The van der Waals surface area contributed by atoms with Crippen molar-refractivity contribution < 1.29 is 18.0 Å². The second-order valence-corrected chi connectivity index (χ2v) is 11.9. The van der Waals surface area contributed by atoms with Crippen LogP contribution in [0.5, 0.6) is 0 Å². The number of carbonyl (C=O) groups is 2. The molecule has 3 rings (SSSR count). The summed E-state index contributed by atoms with van der Waals surface area (Å²) >= 11 is 0. The lowest BCUT2D eigenvalue weighted by molar-refractivity contribution is -0.141. The molecule has 0 aliphatic heterocycles. The maximum absolute atomic E-state index is 13.8. The third kappa shape index (κ3) is 9.23. The summed E-state index contributed by atoms with van der Waals surface area (Å²) in [5, 5.41) is 2.98. The average Bonchev–Trinajstić information content (AvgIpc) is 2.96. The summed E-state index contributed by atoms with van der Waals surface area (Å²) in [5.74, 6) is -0.380. The normalized spacial score (nSPS) is 12.0. The summed E-state index contributed by atoms with van der Waals surface area (Å²) in [6.07, 6.45) is 3.64. The number of sulfonamides is 1. The van der Waals surface area contributed by atoms with Gasteiger partial charge in [-0.15, -0.1) is 0 Å². The van der Waals surface area contributed by atoms with Crippen LogP contribution in [0.25, 0.3) is 0 Å². The van der Waals surface area contributed by atoms with Gasteiger partial charge in [0.05, 0.1) is 11.9 Å². The van der Waals surface area contributed by atoms with Gasteiger partial charge in [0.15, 0.2) is 0 Å². The predicted molar refractivity (Wildman–Crippen MR) is 161 cm³/mol. The molecule has 3 aromatic rings. The van der Waals surface area contributed by atoms with E-state index in [0.29, 0.717) is 25.1 Å². The molecule has 214 valence electrons. The average molecular weight is 564 g/mol. The van der Waals surface area contributed by atoms with Crippen LogP contribution in [0.1, 0.15) is 49.8 Å². The van der Waals surface area contributed by atoms with Crippen LogP contribution < -0.4 is 9.62 Å². The molecule has 2 amide bonds. The van der Waals surface area contributed by atoms with E-state index in [2.05, 4.69) is 5.32 Å². The molecule has 0 aliphatic carbocycles. The fourth-order valence-electron chi connectivity index (χ4n) is 4.60. The number of hydrogen-bond acceptors (Lipinski definition) is 4. The molecule has 40 heavy (non-hydrogen) atoms. The Hall–Kier alpha value is -3.65. The van der Waals surface area contributed by atoms with E-state index >= 15 is 0 Å². The highest BCUT2D eigenvalue weighted by atomic mass is 32.2. The molecule has 1 atom stereocenters. The van der Waals surface area contributed by atoms with Gasteiger partial charge in [0.1, 0.15) is 6.04 Å². The lowest BCUT2D eigenvalue weighted by atomic mass is 10.0. The van der Waals surface area contributed by atoms with Gasteiger partial charge < -0.3 is 10.2 Å². The minimum atomic E-state index is -3.54. The highest BCUT2D eigenvalue weighted by Gasteiger charge is 2.30. The Bertz CT molecular complexity index is 1310. The Balaban J connectivity index is 1.83. The van der Waals surface area contributed by atoms with Crippen LogP contribution in [0.4, 0.5) is 5.69 Å². The zero-order chi connectivity index (χ0) is 29.0. The number of amides is 2. The number of nitrogens with zero attached hydrogens (tertiary/aromatic N) is 2. The number of aryl methyl sites for hydroxylation is 1. The summed E-state index contributed by atoms with van der Waals surface area (Å²) in [7, 11) is -3.54. The maximum Gasteiger partial charge on any atom is 0.243 e. The number of rotatable bonds is 15. The highest BCUT2D eigenvalue weighted by molar-refractivity contribution is 7.92. The minimum absolute atomic E-state index is 0.109. The van der Waals surface area contributed by atoms with Gasteiger partial charge in [-0.2, -0.15) is 0 Å². The molecule has 0 fully saturated rings. The Morgan fingerprint density at radius 2 is 1.43 bits per heavy atom. The Labute approximate surface area is 239 Å². The predicted octanol–water partition coefficient (Wildman–Crippen LogP) is 4.96. The van der Waals surface area contributed by atoms with Crippen molar-refractivity contribution >= 4 is 27.5 Å². The van der Waals surface area contributed by atoms with Crippen LogP contribution >= 0.6 is 0 Å². The van der Waals surface area contributed by atoms with Gasteiger partial charge in [-0.1, -0.05) is 86.6 Å². The molecule has 0 radical (unpaired) electrons. The SMILES string of the molecule is CCCNC(=O)[C@@H](Cc1ccccc1)N(Cc1ccccc1)C(=O)CCCN(c1ccc(CC)cc1)S(C)(=O)=O. The summed E-state index contributed by atoms with van der Waals surface area (Å²) < 4.78 is 26.6. The second kappa shape index (κ2) is 15.2. The van der Waals surface area contributed by atoms with Gasteiger partial charge in [-0.25, -0.2) is 8.42 Å². The second-order valence-electron chi connectivity index (χ2n) is 9.96. The van der Waals surface area contributed by atoms with Crippen LogP contribution in [-0.2, 0) is 39.0 Å². The van der Waals surface area contributed by atoms with E-state index in [0.717, 1.165) is 29.5 Å². The monoisotopic (exact) mass is 563 g/mol. The summed E-state index contributed by atoms with van der Waals surface area (Å²) in [5.41, 5.74) is 3.58. The van der Waals surface area contributed by atoms with Crippen molar-refractivity contribution in [1.82, 2.24) is 10.2 Å². The molecule has 0 saturated heterocycles. The molecule has 0 saturated carbocycles. The summed E-state index contributed by atoms with van der Waals surface area (Å²) in [4.78, 5) is 28.8. The van der Waals surface area contributed by atoms with E-state index in [1.807, 2.05) is 86.6 Å². The van der Waals surface area contributed by atoms with Crippen molar-refractivity contribution in [2.24, 2.45) is 0 Å². The van der Waals surface area contributed by atoms with Crippen molar-refractivity contribution in [3.8, 4) is 0 Å². The van der Waals surface area contributed by atoms with E-state index in [9.17, 15) is 18.0 Å². The van der Waals surface area contributed by atoms with E-state index in [-0.39, 0.29) is 31.3 Å². The van der Waals surface area contributed by atoms with E-state index in [1.54, 1.807) is 17.0 Å². The van der Waals surface area contributed by atoms with Crippen LogP contribution in [0.2, 0.25) is 0 Å². The van der Waals surface area contributed by atoms with Crippen molar-refractivity contribution in [1.29, 1.82) is 0 Å². The molecule has 8 heteroatoms. The van der Waals surface area contributed by atoms with Crippen molar-refractivity contribution in [3.05, 3.63) is 102 Å². The van der Waals surface area contributed by atoms with Gasteiger partial charge >= 0.3 is 0 Å². The summed E-state index contributed by atoms with van der Waals surface area (Å²) in [6, 6.07) is 26.0. The highest BCUT2D eigenvalue weighted by Crippen LogP contribution is 2.21. The van der Waals surface area contributed by atoms with Gasteiger partial charge in [0.2, 0.25) is 21.8 Å². The lowest BCUT2D eigenvalue weighted by Gasteiger charge is -2.32. The molecule has 0 aliphatic rings. The first-order valence-corrected chi connectivity index (χ1v) is 15.8. The lowest BCUT2D eigenvalue weighted by Crippen LogP contribution is -2.50.